The third-order valence-electron chi connectivity index (χ3n) is 2.76. The van der Waals surface area contributed by atoms with Crippen molar-refractivity contribution < 1.29 is 23.8 Å². The lowest BCUT2D eigenvalue weighted by Gasteiger charge is -2.20. The van der Waals surface area contributed by atoms with Crippen molar-refractivity contribution >= 4 is 5.97 Å². The van der Waals surface area contributed by atoms with Crippen LogP contribution in [0.4, 0.5) is 4.39 Å². The summed E-state index contributed by atoms with van der Waals surface area (Å²) < 4.78 is 24.0. The molecule has 0 bridgehead atoms. The topological polar surface area (TPSA) is 84.4 Å². The standard InChI is InChI=1S/C12H9FN2O4/c13-7-1-6-4-18-5-19-11(6)8(2-7)9-3-10(12(16)17)15-14-9/h1-3H,4-5H2,(H,14,15)(H,16,17). The van der Waals surface area contributed by atoms with E-state index in [4.69, 9.17) is 14.6 Å². The van der Waals surface area contributed by atoms with Crippen LogP contribution in [-0.4, -0.2) is 28.1 Å². The lowest BCUT2D eigenvalue weighted by molar-refractivity contribution is -0.0161. The van der Waals surface area contributed by atoms with E-state index in [1.165, 1.54) is 18.2 Å². The fraction of sp³-hybridized carbons (Fsp3) is 0.167. The molecule has 7 heteroatoms. The molecule has 19 heavy (non-hydrogen) atoms. The molecule has 0 amide bonds. The molecule has 3 rings (SSSR count). The fourth-order valence-electron chi connectivity index (χ4n) is 1.94. The van der Waals surface area contributed by atoms with Crippen LogP contribution in [0.25, 0.3) is 11.3 Å². The van der Waals surface area contributed by atoms with E-state index in [1.807, 2.05) is 0 Å². The zero-order valence-corrected chi connectivity index (χ0v) is 9.64. The van der Waals surface area contributed by atoms with Crippen molar-refractivity contribution in [1.82, 2.24) is 10.2 Å². The van der Waals surface area contributed by atoms with Crippen molar-refractivity contribution in [3.8, 4) is 17.0 Å². The Morgan fingerprint density at radius 1 is 1.42 bits per heavy atom. The molecule has 0 saturated heterocycles. The van der Waals surface area contributed by atoms with Crippen molar-refractivity contribution in [2.45, 2.75) is 6.61 Å². The van der Waals surface area contributed by atoms with E-state index in [1.54, 1.807) is 0 Å². The highest BCUT2D eigenvalue weighted by molar-refractivity contribution is 5.87. The Bertz CT molecular complexity index is 653. The molecular formula is C12H9FN2O4. The number of aromatic nitrogens is 2. The average Bonchev–Trinajstić information content (AvgIpc) is 2.87. The molecular weight excluding hydrogens is 255 g/mol. The first-order chi connectivity index (χ1) is 9.15. The number of hydrogen-bond donors (Lipinski definition) is 2. The molecule has 98 valence electrons. The van der Waals surface area contributed by atoms with E-state index >= 15 is 0 Å². The van der Waals surface area contributed by atoms with Crippen molar-refractivity contribution in [1.29, 1.82) is 0 Å². The Balaban J connectivity index is 2.12. The van der Waals surface area contributed by atoms with Crippen LogP contribution in [0.15, 0.2) is 18.2 Å². The summed E-state index contributed by atoms with van der Waals surface area (Å²) in [5, 5.41) is 15.1. The predicted molar refractivity (Wildman–Crippen MR) is 61.2 cm³/mol. The molecule has 0 atom stereocenters. The van der Waals surface area contributed by atoms with E-state index in [2.05, 4.69) is 10.2 Å². The molecule has 0 unspecified atom stereocenters. The summed E-state index contributed by atoms with van der Waals surface area (Å²) in [7, 11) is 0. The van der Waals surface area contributed by atoms with Gasteiger partial charge in [-0.05, 0) is 18.2 Å². The summed E-state index contributed by atoms with van der Waals surface area (Å²) in [4.78, 5) is 10.8. The molecule has 1 aliphatic heterocycles. The zero-order valence-electron chi connectivity index (χ0n) is 9.64. The number of fused-ring (bicyclic) bond motifs is 1. The number of carbonyl (C=O) groups is 1. The quantitative estimate of drug-likeness (QED) is 0.863. The summed E-state index contributed by atoms with van der Waals surface area (Å²) >= 11 is 0. The highest BCUT2D eigenvalue weighted by Gasteiger charge is 2.20. The molecule has 1 aromatic heterocycles. The number of nitrogens with one attached hydrogen (secondary N) is 1. The number of aromatic carboxylic acids is 1. The first-order valence-corrected chi connectivity index (χ1v) is 5.47. The Morgan fingerprint density at radius 3 is 3.00 bits per heavy atom. The Morgan fingerprint density at radius 2 is 2.26 bits per heavy atom. The molecule has 2 heterocycles. The first kappa shape index (κ1) is 11.7. The summed E-state index contributed by atoms with van der Waals surface area (Å²) in [6.45, 7) is 0.318. The highest BCUT2D eigenvalue weighted by atomic mass is 19.1. The number of carboxylic acids is 1. The van der Waals surface area contributed by atoms with E-state index in [0.29, 0.717) is 22.6 Å². The second-order valence-electron chi connectivity index (χ2n) is 4.02. The molecule has 1 aromatic carbocycles. The summed E-state index contributed by atoms with van der Waals surface area (Å²) in [5.74, 6) is -1.12. The van der Waals surface area contributed by atoms with Crippen molar-refractivity contribution in [3.63, 3.8) is 0 Å². The van der Waals surface area contributed by atoms with E-state index in [9.17, 15) is 9.18 Å². The fourth-order valence-corrected chi connectivity index (χ4v) is 1.94. The number of rotatable bonds is 2. The monoisotopic (exact) mass is 264 g/mol. The lowest BCUT2D eigenvalue weighted by Crippen LogP contribution is -2.12. The van der Waals surface area contributed by atoms with Gasteiger partial charge in [0.1, 0.15) is 17.3 Å². The van der Waals surface area contributed by atoms with Gasteiger partial charge in [0.2, 0.25) is 0 Å². The number of hydrogen-bond acceptors (Lipinski definition) is 4. The van der Waals surface area contributed by atoms with Gasteiger partial charge in [0.15, 0.2) is 6.79 Å². The Kier molecular flexibility index (Phi) is 2.68. The minimum absolute atomic E-state index is 0.0694. The maximum atomic E-state index is 13.5. The smallest absolute Gasteiger partial charge is 0.353 e. The molecule has 0 fully saturated rings. The van der Waals surface area contributed by atoms with Crippen molar-refractivity contribution in [3.05, 3.63) is 35.3 Å². The van der Waals surface area contributed by atoms with Crippen LogP contribution in [0.3, 0.4) is 0 Å². The van der Waals surface area contributed by atoms with Gasteiger partial charge < -0.3 is 14.6 Å². The van der Waals surface area contributed by atoms with Gasteiger partial charge in [0.25, 0.3) is 0 Å². The number of carboxylic acid groups (broad SMARTS) is 1. The molecule has 0 spiro atoms. The maximum absolute atomic E-state index is 13.5. The normalized spacial score (nSPS) is 13.7. The van der Waals surface area contributed by atoms with E-state index in [0.717, 1.165) is 0 Å². The summed E-state index contributed by atoms with van der Waals surface area (Å²) in [5.41, 5.74) is 1.22. The maximum Gasteiger partial charge on any atom is 0.353 e. The molecule has 2 N–H and O–H groups in total. The third-order valence-corrected chi connectivity index (χ3v) is 2.76. The second kappa shape index (κ2) is 4.36. The van der Waals surface area contributed by atoms with Crippen LogP contribution in [0, 0.1) is 5.82 Å². The van der Waals surface area contributed by atoms with Crippen LogP contribution in [-0.2, 0) is 11.3 Å². The first-order valence-electron chi connectivity index (χ1n) is 5.47. The van der Waals surface area contributed by atoms with Gasteiger partial charge in [-0.1, -0.05) is 0 Å². The Hall–Kier alpha value is -2.41. The number of H-pyrrole nitrogens is 1. The highest BCUT2D eigenvalue weighted by Crippen LogP contribution is 2.35. The van der Waals surface area contributed by atoms with Crippen molar-refractivity contribution in [2.75, 3.05) is 6.79 Å². The molecule has 0 aliphatic carbocycles. The molecule has 1 aliphatic rings. The van der Waals surface area contributed by atoms with Gasteiger partial charge in [-0.15, -0.1) is 0 Å². The van der Waals surface area contributed by atoms with Crippen molar-refractivity contribution in [2.24, 2.45) is 0 Å². The minimum atomic E-state index is -1.13. The Labute approximate surface area is 106 Å². The van der Waals surface area contributed by atoms with Gasteiger partial charge in [-0.2, -0.15) is 5.10 Å². The number of halogens is 1. The minimum Gasteiger partial charge on any atom is -0.477 e. The van der Waals surface area contributed by atoms with Gasteiger partial charge in [0.05, 0.1) is 12.3 Å². The van der Waals surface area contributed by atoms with Crippen LogP contribution < -0.4 is 4.74 Å². The number of nitrogens with zero attached hydrogens (tertiary/aromatic N) is 1. The lowest BCUT2D eigenvalue weighted by atomic mass is 10.1. The molecule has 2 aromatic rings. The van der Waals surface area contributed by atoms with Gasteiger partial charge in [-0.3, -0.25) is 5.10 Å². The largest absolute Gasteiger partial charge is 0.477 e. The van der Waals surface area contributed by atoms with Crippen LogP contribution in [0.1, 0.15) is 16.1 Å². The number of aromatic amines is 1. The molecule has 0 saturated carbocycles. The van der Waals surface area contributed by atoms with Gasteiger partial charge >= 0.3 is 5.97 Å². The second-order valence-corrected chi connectivity index (χ2v) is 4.02. The predicted octanol–water partition coefficient (Wildman–Crippen LogP) is 1.78. The zero-order chi connectivity index (χ0) is 13.4. The van der Waals surface area contributed by atoms with Crippen LogP contribution >= 0.6 is 0 Å². The van der Waals surface area contributed by atoms with Gasteiger partial charge in [-0.25, -0.2) is 9.18 Å². The summed E-state index contributed by atoms with van der Waals surface area (Å²) in [6, 6.07) is 3.91. The van der Waals surface area contributed by atoms with Gasteiger partial charge in [0, 0.05) is 11.1 Å². The number of ether oxygens (including phenoxy) is 2. The molecule has 6 nitrogen and oxygen atoms in total. The van der Waals surface area contributed by atoms with E-state index < -0.39 is 11.8 Å². The average molecular weight is 264 g/mol. The molecule has 0 radical (unpaired) electrons. The third kappa shape index (κ3) is 2.04. The number of benzene rings is 1. The van der Waals surface area contributed by atoms with Crippen LogP contribution in [0.5, 0.6) is 5.75 Å². The van der Waals surface area contributed by atoms with E-state index in [-0.39, 0.29) is 19.1 Å². The SMILES string of the molecule is O=C(O)c1cc(-c2cc(F)cc3c2OCOC3)n[nH]1. The summed E-state index contributed by atoms with van der Waals surface area (Å²) in [6.07, 6.45) is 0. The van der Waals surface area contributed by atoms with Crippen LogP contribution in [0.2, 0.25) is 0 Å².